The molecule has 0 bridgehead atoms. The van der Waals surface area contributed by atoms with E-state index in [-0.39, 0.29) is 24.4 Å². The lowest BCUT2D eigenvalue weighted by atomic mass is 10.0. The summed E-state index contributed by atoms with van der Waals surface area (Å²) in [7, 11) is 1.35. The second kappa shape index (κ2) is 11.5. The lowest BCUT2D eigenvalue weighted by Crippen LogP contribution is -2.32. The molecule has 1 saturated heterocycles. The third kappa shape index (κ3) is 5.83. The summed E-state index contributed by atoms with van der Waals surface area (Å²) in [6.45, 7) is 2.37. The van der Waals surface area contributed by atoms with Crippen LogP contribution >= 0.6 is 12.2 Å². The summed E-state index contributed by atoms with van der Waals surface area (Å²) in [6.07, 6.45) is 1.98. The maximum atomic E-state index is 12.8. The first-order valence-corrected chi connectivity index (χ1v) is 13.0. The molecule has 9 heteroatoms. The number of benzene rings is 2. The fourth-order valence-electron chi connectivity index (χ4n) is 4.68. The summed E-state index contributed by atoms with van der Waals surface area (Å²) in [5, 5.41) is 6.87. The number of hydrogen-bond donors (Lipinski definition) is 2. The first-order valence-electron chi connectivity index (χ1n) is 12.6. The number of aromatic nitrogens is 1. The zero-order chi connectivity index (χ0) is 27.4. The molecule has 2 aromatic carbocycles. The Kier molecular flexibility index (Phi) is 7.69. The number of nitrogens with one attached hydrogen (secondary N) is 2. The molecule has 5 rings (SSSR count). The van der Waals surface area contributed by atoms with Crippen LogP contribution in [-0.2, 0) is 9.53 Å². The van der Waals surface area contributed by atoms with Gasteiger partial charge in [-0.05, 0) is 73.2 Å². The number of thiocarbonyl (C=S) groups is 1. The van der Waals surface area contributed by atoms with Crippen LogP contribution in [-0.4, -0.2) is 40.5 Å². The minimum atomic E-state index is -0.396. The number of hydrogen-bond acceptors (Lipinski definition) is 6. The fourth-order valence-corrected chi connectivity index (χ4v) is 5.01. The Morgan fingerprint density at radius 2 is 1.90 bits per heavy atom. The molecule has 1 amide bonds. The van der Waals surface area contributed by atoms with Crippen molar-refractivity contribution in [3.8, 4) is 11.3 Å². The van der Waals surface area contributed by atoms with Crippen molar-refractivity contribution >= 4 is 34.9 Å². The number of esters is 1. The number of rotatable bonds is 8. The summed E-state index contributed by atoms with van der Waals surface area (Å²) >= 11 is 5.71. The Hall–Kier alpha value is -4.50. The van der Waals surface area contributed by atoms with Gasteiger partial charge in [0.1, 0.15) is 17.6 Å². The van der Waals surface area contributed by atoms with Crippen molar-refractivity contribution in [1.29, 1.82) is 0 Å². The smallest absolute Gasteiger partial charge is 0.337 e. The van der Waals surface area contributed by atoms with Crippen LogP contribution in [0.2, 0.25) is 0 Å². The lowest BCUT2D eigenvalue weighted by molar-refractivity contribution is -0.116. The standard InChI is InChI=1S/C30H28N4O4S/c1-19-6-5-7-22(18-19)32-26(35)15-17-34-28(27(33-30(34)39)23-8-3-4-16-31-23)25-14-13-24(38-25)20-9-11-21(12-10-20)29(36)37-2/h3-14,16,18,27-28H,15,17H2,1-2H3,(H,32,35)(H,33,39)/t27-,28-/m0/s1. The topological polar surface area (TPSA) is 96.7 Å². The zero-order valence-corrected chi connectivity index (χ0v) is 22.4. The van der Waals surface area contributed by atoms with Crippen LogP contribution in [0.15, 0.2) is 89.5 Å². The second-order valence-corrected chi connectivity index (χ2v) is 9.65. The molecule has 4 aromatic rings. The second-order valence-electron chi connectivity index (χ2n) is 9.26. The van der Waals surface area contributed by atoms with Crippen LogP contribution in [0.3, 0.4) is 0 Å². The van der Waals surface area contributed by atoms with E-state index in [1.807, 2.05) is 78.6 Å². The SMILES string of the molecule is COC(=O)c1ccc(-c2ccc([C@H]3[C@H](c4ccccn4)NC(=S)N3CCC(=O)Nc3cccc(C)c3)o2)cc1. The van der Waals surface area contributed by atoms with Gasteiger partial charge in [-0.1, -0.05) is 30.3 Å². The van der Waals surface area contributed by atoms with E-state index >= 15 is 0 Å². The van der Waals surface area contributed by atoms with Crippen molar-refractivity contribution in [3.05, 3.63) is 108 Å². The van der Waals surface area contributed by atoms with Crippen LogP contribution in [0.25, 0.3) is 11.3 Å². The monoisotopic (exact) mass is 540 g/mol. The van der Waals surface area contributed by atoms with E-state index in [2.05, 4.69) is 15.6 Å². The molecule has 2 N–H and O–H groups in total. The maximum absolute atomic E-state index is 12.8. The van der Waals surface area contributed by atoms with Gasteiger partial charge in [0, 0.05) is 30.4 Å². The third-order valence-electron chi connectivity index (χ3n) is 6.59. The van der Waals surface area contributed by atoms with E-state index in [0.29, 0.717) is 28.7 Å². The number of methoxy groups -OCH3 is 1. The predicted molar refractivity (Wildman–Crippen MR) is 152 cm³/mol. The minimum absolute atomic E-state index is 0.103. The zero-order valence-electron chi connectivity index (χ0n) is 21.6. The summed E-state index contributed by atoms with van der Waals surface area (Å²) in [4.78, 5) is 31.1. The molecular weight excluding hydrogens is 512 g/mol. The molecule has 39 heavy (non-hydrogen) atoms. The van der Waals surface area contributed by atoms with Gasteiger partial charge in [-0.3, -0.25) is 9.78 Å². The highest BCUT2D eigenvalue weighted by atomic mass is 32.1. The molecule has 198 valence electrons. The van der Waals surface area contributed by atoms with Crippen LogP contribution in [0, 0.1) is 6.92 Å². The van der Waals surface area contributed by atoms with Crippen molar-refractivity contribution in [2.24, 2.45) is 0 Å². The van der Waals surface area contributed by atoms with Crippen molar-refractivity contribution in [2.75, 3.05) is 19.0 Å². The Morgan fingerprint density at radius 3 is 2.62 bits per heavy atom. The molecule has 0 radical (unpaired) electrons. The minimum Gasteiger partial charge on any atom is -0.465 e. The lowest BCUT2D eigenvalue weighted by Gasteiger charge is -2.25. The van der Waals surface area contributed by atoms with Crippen molar-refractivity contribution < 1.29 is 18.7 Å². The molecule has 0 saturated carbocycles. The Morgan fingerprint density at radius 1 is 1.08 bits per heavy atom. The number of furan rings is 1. The van der Waals surface area contributed by atoms with E-state index < -0.39 is 5.97 Å². The molecule has 0 unspecified atom stereocenters. The molecule has 2 aromatic heterocycles. The van der Waals surface area contributed by atoms with Gasteiger partial charge >= 0.3 is 5.97 Å². The Bertz CT molecular complexity index is 1490. The van der Waals surface area contributed by atoms with Crippen molar-refractivity contribution in [2.45, 2.75) is 25.4 Å². The molecule has 1 aliphatic rings. The number of ether oxygens (including phenoxy) is 1. The first-order chi connectivity index (χ1) is 18.9. The number of aryl methyl sites for hydroxylation is 1. The number of anilines is 1. The average Bonchev–Trinajstić information content (AvgIpc) is 3.56. The number of carbonyl (C=O) groups excluding carboxylic acids is 2. The molecule has 2 atom stereocenters. The van der Waals surface area contributed by atoms with E-state index in [1.165, 1.54) is 7.11 Å². The number of nitrogens with zero attached hydrogens (tertiary/aromatic N) is 2. The van der Waals surface area contributed by atoms with Crippen LogP contribution in [0.1, 0.15) is 45.9 Å². The van der Waals surface area contributed by atoms with Gasteiger partial charge in [0.15, 0.2) is 5.11 Å². The van der Waals surface area contributed by atoms with Crippen LogP contribution in [0.4, 0.5) is 5.69 Å². The van der Waals surface area contributed by atoms with Gasteiger partial charge < -0.3 is 24.7 Å². The van der Waals surface area contributed by atoms with Gasteiger partial charge in [0.05, 0.1) is 24.4 Å². The van der Waals surface area contributed by atoms with Gasteiger partial charge in [0.25, 0.3) is 0 Å². The average molecular weight is 541 g/mol. The molecule has 1 fully saturated rings. The number of amides is 1. The van der Waals surface area contributed by atoms with Crippen LogP contribution < -0.4 is 10.6 Å². The van der Waals surface area contributed by atoms with E-state index in [4.69, 9.17) is 21.4 Å². The highest BCUT2D eigenvalue weighted by Crippen LogP contribution is 2.40. The van der Waals surface area contributed by atoms with Crippen LogP contribution in [0.5, 0.6) is 0 Å². The Labute approximate surface area is 232 Å². The Balaban J connectivity index is 1.38. The maximum Gasteiger partial charge on any atom is 0.337 e. The fraction of sp³-hybridized carbons (Fsp3) is 0.200. The van der Waals surface area contributed by atoms with Crippen molar-refractivity contribution in [1.82, 2.24) is 15.2 Å². The molecule has 0 aliphatic carbocycles. The number of pyridine rings is 1. The summed E-state index contributed by atoms with van der Waals surface area (Å²) < 4.78 is 11.1. The summed E-state index contributed by atoms with van der Waals surface area (Å²) in [6, 6.07) is 23.7. The molecule has 8 nitrogen and oxygen atoms in total. The van der Waals surface area contributed by atoms with E-state index in [9.17, 15) is 9.59 Å². The highest BCUT2D eigenvalue weighted by Gasteiger charge is 2.41. The molecule has 0 spiro atoms. The normalized spacial score (nSPS) is 16.6. The summed E-state index contributed by atoms with van der Waals surface area (Å²) in [5.74, 6) is 0.835. The highest BCUT2D eigenvalue weighted by molar-refractivity contribution is 7.80. The van der Waals surface area contributed by atoms with E-state index in [1.54, 1.807) is 18.3 Å². The predicted octanol–water partition coefficient (Wildman–Crippen LogP) is 5.44. The molecular formula is C30H28N4O4S. The van der Waals surface area contributed by atoms with Gasteiger partial charge in [-0.25, -0.2) is 4.79 Å². The molecule has 1 aliphatic heterocycles. The first kappa shape index (κ1) is 26.1. The van der Waals surface area contributed by atoms with Crippen molar-refractivity contribution in [3.63, 3.8) is 0 Å². The van der Waals surface area contributed by atoms with E-state index in [0.717, 1.165) is 22.5 Å². The number of carbonyl (C=O) groups is 2. The van der Waals surface area contributed by atoms with Gasteiger partial charge in [-0.2, -0.15) is 0 Å². The molecule has 3 heterocycles. The summed E-state index contributed by atoms with van der Waals surface area (Å²) in [5.41, 5.74) is 3.94. The third-order valence-corrected chi connectivity index (χ3v) is 6.94. The largest absolute Gasteiger partial charge is 0.465 e. The van der Waals surface area contributed by atoms with Gasteiger partial charge in [0.2, 0.25) is 5.91 Å². The quantitative estimate of drug-likeness (QED) is 0.225. The van der Waals surface area contributed by atoms with Gasteiger partial charge in [-0.15, -0.1) is 0 Å².